The van der Waals surface area contributed by atoms with E-state index in [1.165, 1.54) is 0 Å². The fraction of sp³-hybridized carbons (Fsp3) is 0.778. The van der Waals surface area contributed by atoms with Crippen LogP contribution in [0, 0.1) is 0 Å². The molecular weight excluding hydrogens is 204 g/mol. The van der Waals surface area contributed by atoms with Gasteiger partial charge in [0.1, 0.15) is 6.42 Å². The lowest BCUT2D eigenvalue weighted by atomic mass is 10.4. The highest BCUT2D eigenvalue weighted by atomic mass is 17.2. The van der Waals surface area contributed by atoms with Gasteiger partial charge >= 0.3 is 11.9 Å². The molecule has 0 fully saturated rings. The molecule has 0 unspecified atom stereocenters. The Balaban J connectivity index is 3.63. The molecule has 0 amide bonds. The van der Waals surface area contributed by atoms with Crippen LogP contribution in [0.1, 0.15) is 34.1 Å². The second kappa shape index (κ2) is 7.19. The highest BCUT2D eigenvalue weighted by Gasteiger charge is 2.15. The van der Waals surface area contributed by atoms with E-state index in [1.54, 1.807) is 27.7 Å². The molecule has 0 rings (SSSR count). The number of rotatable bonds is 6. The summed E-state index contributed by atoms with van der Waals surface area (Å²) in [7, 11) is 0. The lowest BCUT2D eigenvalue weighted by Gasteiger charge is -2.07. The van der Waals surface area contributed by atoms with Crippen molar-refractivity contribution in [2.45, 2.75) is 46.3 Å². The second-order valence-corrected chi connectivity index (χ2v) is 3.38. The first kappa shape index (κ1) is 13.9. The Morgan fingerprint density at radius 2 is 1.20 bits per heavy atom. The second-order valence-electron chi connectivity index (χ2n) is 3.38. The zero-order valence-corrected chi connectivity index (χ0v) is 9.31. The van der Waals surface area contributed by atoms with E-state index < -0.39 is 18.4 Å². The van der Waals surface area contributed by atoms with Crippen LogP contribution in [0.4, 0.5) is 0 Å². The summed E-state index contributed by atoms with van der Waals surface area (Å²) in [5, 5.41) is 0. The number of hydrogen-bond donors (Lipinski definition) is 0. The summed E-state index contributed by atoms with van der Waals surface area (Å²) in [6.45, 7) is 6.75. The molecule has 0 aliphatic carbocycles. The van der Waals surface area contributed by atoms with Crippen LogP contribution in [0.15, 0.2) is 0 Å². The predicted octanol–water partition coefficient (Wildman–Crippen LogP) is 1.14. The average Bonchev–Trinajstić information content (AvgIpc) is 2.11. The Bertz CT molecular complexity index is 189. The molecule has 88 valence electrons. The summed E-state index contributed by atoms with van der Waals surface area (Å²) in [4.78, 5) is 39.4. The van der Waals surface area contributed by atoms with E-state index in [0.29, 0.717) is 0 Å². The zero-order chi connectivity index (χ0) is 11.8. The molecule has 0 aliphatic rings. The molecule has 0 aromatic rings. The van der Waals surface area contributed by atoms with Gasteiger partial charge in [0.05, 0.1) is 12.2 Å². The standard InChI is InChI=1S/C9H16O6/c1-6(2)12-14-8(10)5-9(11)15-13-7(3)4/h6-7H,5H2,1-4H3. The van der Waals surface area contributed by atoms with E-state index in [-0.39, 0.29) is 12.2 Å². The zero-order valence-electron chi connectivity index (χ0n) is 9.31. The third-order valence-corrected chi connectivity index (χ3v) is 0.956. The fourth-order valence-electron chi connectivity index (χ4n) is 0.477. The van der Waals surface area contributed by atoms with Gasteiger partial charge in [0.2, 0.25) is 0 Å². The SMILES string of the molecule is CC(C)OOC(=O)CC(=O)OOC(C)C. The smallest absolute Gasteiger partial charge is 0.297 e. The molecule has 0 aromatic carbocycles. The summed E-state index contributed by atoms with van der Waals surface area (Å²) in [5.41, 5.74) is 0. The molecule has 0 bridgehead atoms. The largest absolute Gasteiger partial charge is 0.353 e. The summed E-state index contributed by atoms with van der Waals surface area (Å²) >= 11 is 0. The van der Waals surface area contributed by atoms with E-state index in [0.717, 1.165) is 0 Å². The molecule has 15 heavy (non-hydrogen) atoms. The summed E-state index contributed by atoms with van der Waals surface area (Å²) < 4.78 is 0. The Labute approximate surface area is 88.3 Å². The van der Waals surface area contributed by atoms with Crippen LogP contribution in [0.5, 0.6) is 0 Å². The highest BCUT2D eigenvalue weighted by Crippen LogP contribution is 1.97. The molecule has 0 aromatic heterocycles. The van der Waals surface area contributed by atoms with Crippen molar-refractivity contribution in [2.24, 2.45) is 0 Å². The Hall–Kier alpha value is -1.14. The molecule has 0 spiro atoms. The molecule has 0 atom stereocenters. The van der Waals surface area contributed by atoms with Crippen LogP contribution in [0.2, 0.25) is 0 Å². The summed E-state index contributed by atoms with van der Waals surface area (Å²) in [5.74, 6) is -1.64. The minimum Gasteiger partial charge on any atom is -0.297 e. The van der Waals surface area contributed by atoms with Gasteiger partial charge in [-0.25, -0.2) is 9.59 Å². The van der Waals surface area contributed by atoms with Gasteiger partial charge in [-0.05, 0) is 27.7 Å². The van der Waals surface area contributed by atoms with Gasteiger partial charge in [-0.15, -0.1) is 0 Å². The molecule has 6 nitrogen and oxygen atoms in total. The first-order chi connectivity index (χ1) is 6.91. The van der Waals surface area contributed by atoms with Gasteiger partial charge in [-0.3, -0.25) is 9.78 Å². The van der Waals surface area contributed by atoms with E-state index in [2.05, 4.69) is 19.6 Å². The van der Waals surface area contributed by atoms with Gasteiger partial charge in [-0.1, -0.05) is 0 Å². The highest BCUT2D eigenvalue weighted by molar-refractivity contribution is 5.90. The van der Waals surface area contributed by atoms with Crippen molar-refractivity contribution in [3.8, 4) is 0 Å². The van der Waals surface area contributed by atoms with Crippen molar-refractivity contribution >= 4 is 11.9 Å². The Morgan fingerprint density at radius 3 is 1.47 bits per heavy atom. The third kappa shape index (κ3) is 9.17. The average molecular weight is 220 g/mol. The minimum absolute atomic E-state index is 0.253. The van der Waals surface area contributed by atoms with E-state index >= 15 is 0 Å². The van der Waals surface area contributed by atoms with Crippen LogP contribution in [-0.4, -0.2) is 24.1 Å². The van der Waals surface area contributed by atoms with E-state index in [9.17, 15) is 9.59 Å². The van der Waals surface area contributed by atoms with Gasteiger partial charge in [-0.2, -0.15) is 9.78 Å². The van der Waals surface area contributed by atoms with Gasteiger partial charge < -0.3 is 0 Å². The lowest BCUT2D eigenvalue weighted by Crippen LogP contribution is -2.17. The van der Waals surface area contributed by atoms with Gasteiger partial charge in [0.25, 0.3) is 0 Å². The molecule has 6 heteroatoms. The first-order valence-corrected chi connectivity index (χ1v) is 4.64. The summed E-state index contributed by atoms with van der Waals surface area (Å²) in [6.07, 6.45) is -1.05. The molecule has 0 aliphatic heterocycles. The van der Waals surface area contributed by atoms with Crippen molar-refractivity contribution in [1.29, 1.82) is 0 Å². The topological polar surface area (TPSA) is 71.1 Å². The van der Waals surface area contributed by atoms with Crippen molar-refractivity contribution in [1.82, 2.24) is 0 Å². The monoisotopic (exact) mass is 220 g/mol. The number of carbonyl (C=O) groups excluding carboxylic acids is 2. The van der Waals surface area contributed by atoms with Crippen LogP contribution >= 0.6 is 0 Å². The molecule has 0 N–H and O–H groups in total. The molecular formula is C9H16O6. The normalized spacial score (nSPS) is 10.5. The van der Waals surface area contributed by atoms with Crippen molar-refractivity contribution in [3.05, 3.63) is 0 Å². The minimum atomic E-state index is -0.818. The van der Waals surface area contributed by atoms with E-state index in [1.807, 2.05) is 0 Å². The lowest BCUT2D eigenvalue weighted by molar-refractivity contribution is -0.301. The van der Waals surface area contributed by atoms with Crippen molar-refractivity contribution in [3.63, 3.8) is 0 Å². The first-order valence-electron chi connectivity index (χ1n) is 4.64. The van der Waals surface area contributed by atoms with Crippen LogP contribution in [0.3, 0.4) is 0 Å². The van der Waals surface area contributed by atoms with Crippen LogP contribution < -0.4 is 0 Å². The number of carbonyl (C=O) groups is 2. The maximum atomic E-state index is 10.9. The van der Waals surface area contributed by atoms with Crippen molar-refractivity contribution in [2.75, 3.05) is 0 Å². The Morgan fingerprint density at radius 1 is 0.867 bits per heavy atom. The maximum absolute atomic E-state index is 10.9. The predicted molar refractivity (Wildman–Crippen MR) is 49.2 cm³/mol. The summed E-state index contributed by atoms with van der Waals surface area (Å²) in [6, 6.07) is 0. The quantitative estimate of drug-likeness (QED) is 0.380. The Kier molecular flexibility index (Phi) is 6.64. The molecule has 0 saturated carbocycles. The molecule has 0 heterocycles. The third-order valence-electron chi connectivity index (χ3n) is 0.956. The van der Waals surface area contributed by atoms with Gasteiger partial charge in [0, 0.05) is 0 Å². The molecule has 0 radical (unpaired) electrons. The van der Waals surface area contributed by atoms with E-state index in [4.69, 9.17) is 0 Å². The van der Waals surface area contributed by atoms with Crippen molar-refractivity contribution < 1.29 is 29.1 Å². The van der Waals surface area contributed by atoms with Crippen LogP contribution in [-0.2, 0) is 29.1 Å². The van der Waals surface area contributed by atoms with Gasteiger partial charge in [0.15, 0.2) is 0 Å². The molecule has 0 saturated heterocycles. The van der Waals surface area contributed by atoms with Crippen LogP contribution in [0.25, 0.3) is 0 Å². The number of hydrogen-bond acceptors (Lipinski definition) is 6. The maximum Gasteiger partial charge on any atom is 0.353 e. The fourth-order valence-corrected chi connectivity index (χ4v) is 0.477.